The van der Waals surface area contributed by atoms with E-state index >= 15 is 0 Å². The molecule has 1 heterocycles. The molecule has 2 atom stereocenters. The lowest BCUT2D eigenvalue weighted by Gasteiger charge is -2.25. The molecule has 0 aliphatic carbocycles. The Balaban J connectivity index is 2.16. The SMILES string of the molecule is CC(C(=O)c1ccc2c(c1)OCO2)N(C)C(=O)[C@H](C)N. The highest BCUT2D eigenvalue weighted by Crippen LogP contribution is 2.32. The Hall–Kier alpha value is -2.08. The molecule has 1 amide bonds. The number of rotatable bonds is 4. The number of ether oxygens (including phenoxy) is 2. The van der Waals surface area contributed by atoms with Gasteiger partial charge in [0.2, 0.25) is 12.7 Å². The summed E-state index contributed by atoms with van der Waals surface area (Å²) in [4.78, 5) is 25.6. The number of Topliss-reactive ketones (excluding diaryl/α,β-unsaturated/α-hetero) is 1. The second-order valence-corrected chi connectivity index (χ2v) is 4.85. The summed E-state index contributed by atoms with van der Waals surface area (Å²) in [6.45, 7) is 3.43. The fraction of sp³-hybridized carbons (Fsp3) is 0.429. The lowest BCUT2D eigenvalue weighted by atomic mass is 10.0. The van der Waals surface area contributed by atoms with Crippen LogP contribution in [0.5, 0.6) is 11.5 Å². The Bertz CT molecular complexity index is 542. The first-order chi connectivity index (χ1) is 9.41. The summed E-state index contributed by atoms with van der Waals surface area (Å²) >= 11 is 0. The van der Waals surface area contributed by atoms with Crippen molar-refractivity contribution >= 4 is 11.7 Å². The van der Waals surface area contributed by atoms with Crippen molar-refractivity contribution in [2.45, 2.75) is 25.9 Å². The maximum absolute atomic E-state index is 12.4. The fourth-order valence-corrected chi connectivity index (χ4v) is 1.98. The molecule has 0 radical (unpaired) electrons. The van der Waals surface area contributed by atoms with Crippen molar-refractivity contribution in [3.8, 4) is 11.5 Å². The Morgan fingerprint density at radius 2 is 1.90 bits per heavy atom. The fourth-order valence-electron chi connectivity index (χ4n) is 1.98. The normalized spacial score (nSPS) is 15.6. The molecule has 1 aromatic carbocycles. The molecule has 0 aromatic heterocycles. The van der Waals surface area contributed by atoms with Crippen LogP contribution in [-0.4, -0.2) is 42.5 Å². The molecule has 2 N–H and O–H groups in total. The summed E-state index contributed by atoms with van der Waals surface area (Å²) in [5.74, 6) is 0.727. The molecule has 6 heteroatoms. The summed E-state index contributed by atoms with van der Waals surface area (Å²) in [5.41, 5.74) is 6.03. The molecule has 0 saturated carbocycles. The highest BCUT2D eigenvalue weighted by molar-refractivity contribution is 6.02. The molecule has 1 aliphatic heterocycles. The van der Waals surface area contributed by atoms with E-state index in [0.29, 0.717) is 17.1 Å². The van der Waals surface area contributed by atoms with Gasteiger partial charge in [-0.25, -0.2) is 0 Å². The van der Waals surface area contributed by atoms with Crippen molar-refractivity contribution in [2.24, 2.45) is 5.73 Å². The zero-order valence-corrected chi connectivity index (χ0v) is 11.8. The van der Waals surface area contributed by atoms with E-state index in [1.807, 2.05) is 0 Å². The number of hydrogen-bond acceptors (Lipinski definition) is 5. The Kier molecular flexibility index (Phi) is 3.94. The number of nitrogens with two attached hydrogens (primary N) is 1. The van der Waals surface area contributed by atoms with Gasteiger partial charge in [-0.2, -0.15) is 0 Å². The number of benzene rings is 1. The van der Waals surface area contributed by atoms with Crippen LogP contribution in [0.1, 0.15) is 24.2 Å². The molecule has 108 valence electrons. The summed E-state index contributed by atoms with van der Waals surface area (Å²) in [6, 6.07) is 3.76. The van der Waals surface area contributed by atoms with Crippen LogP contribution in [0.3, 0.4) is 0 Å². The molecule has 0 spiro atoms. The third-order valence-corrected chi connectivity index (χ3v) is 3.35. The molecule has 6 nitrogen and oxygen atoms in total. The minimum Gasteiger partial charge on any atom is -0.454 e. The van der Waals surface area contributed by atoms with Gasteiger partial charge in [0.15, 0.2) is 17.3 Å². The number of likely N-dealkylation sites (N-methyl/N-ethyl adjacent to an activating group) is 1. The lowest BCUT2D eigenvalue weighted by molar-refractivity contribution is -0.131. The molecule has 1 aliphatic rings. The monoisotopic (exact) mass is 278 g/mol. The van der Waals surface area contributed by atoms with Gasteiger partial charge in [-0.1, -0.05) is 0 Å². The van der Waals surface area contributed by atoms with Crippen molar-refractivity contribution < 1.29 is 19.1 Å². The number of fused-ring (bicyclic) bond motifs is 1. The van der Waals surface area contributed by atoms with E-state index in [1.54, 1.807) is 39.1 Å². The number of nitrogens with zero attached hydrogens (tertiary/aromatic N) is 1. The van der Waals surface area contributed by atoms with Gasteiger partial charge < -0.3 is 20.1 Å². The van der Waals surface area contributed by atoms with Gasteiger partial charge in [0, 0.05) is 12.6 Å². The second kappa shape index (κ2) is 5.50. The second-order valence-electron chi connectivity index (χ2n) is 4.85. The molecule has 0 bridgehead atoms. The third-order valence-electron chi connectivity index (χ3n) is 3.35. The van der Waals surface area contributed by atoms with Crippen LogP contribution in [0.4, 0.5) is 0 Å². The largest absolute Gasteiger partial charge is 0.454 e. The smallest absolute Gasteiger partial charge is 0.239 e. The van der Waals surface area contributed by atoms with Crippen LogP contribution < -0.4 is 15.2 Å². The number of ketones is 1. The lowest BCUT2D eigenvalue weighted by Crippen LogP contribution is -2.47. The van der Waals surface area contributed by atoms with Gasteiger partial charge in [-0.05, 0) is 32.0 Å². The van der Waals surface area contributed by atoms with Crippen molar-refractivity contribution in [1.82, 2.24) is 4.90 Å². The first-order valence-electron chi connectivity index (χ1n) is 6.38. The van der Waals surface area contributed by atoms with E-state index in [1.165, 1.54) is 4.90 Å². The zero-order valence-electron chi connectivity index (χ0n) is 11.8. The van der Waals surface area contributed by atoms with E-state index in [0.717, 1.165) is 0 Å². The van der Waals surface area contributed by atoms with Gasteiger partial charge >= 0.3 is 0 Å². The average molecular weight is 278 g/mol. The topological polar surface area (TPSA) is 81.9 Å². The molecular formula is C14H18N2O4. The van der Waals surface area contributed by atoms with Crippen LogP contribution in [0.2, 0.25) is 0 Å². The minimum absolute atomic E-state index is 0.158. The first kappa shape index (κ1) is 14.3. The van der Waals surface area contributed by atoms with Gasteiger partial charge in [0.1, 0.15) is 0 Å². The first-order valence-corrected chi connectivity index (χ1v) is 6.38. The summed E-state index contributed by atoms with van der Waals surface area (Å²) in [7, 11) is 1.57. The predicted octanol–water partition coefficient (Wildman–Crippen LogP) is 0.792. The van der Waals surface area contributed by atoms with Gasteiger partial charge in [0.25, 0.3) is 0 Å². The quantitative estimate of drug-likeness (QED) is 0.823. The molecular weight excluding hydrogens is 260 g/mol. The Morgan fingerprint density at radius 3 is 2.55 bits per heavy atom. The highest BCUT2D eigenvalue weighted by atomic mass is 16.7. The van der Waals surface area contributed by atoms with E-state index in [4.69, 9.17) is 15.2 Å². The number of carbonyl (C=O) groups excluding carboxylic acids is 2. The Morgan fingerprint density at radius 1 is 1.25 bits per heavy atom. The molecule has 0 saturated heterocycles. The van der Waals surface area contributed by atoms with Crippen LogP contribution >= 0.6 is 0 Å². The third kappa shape index (κ3) is 2.60. The van der Waals surface area contributed by atoms with Crippen LogP contribution in [0.15, 0.2) is 18.2 Å². The van der Waals surface area contributed by atoms with Gasteiger partial charge in [-0.15, -0.1) is 0 Å². The van der Waals surface area contributed by atoms with E-state index in [2.05, 4.69) is 0 Å². The summed E-state index contributed by atoms with van der Waals surface area (Å²) in [6.07, 6.45) is 0. The average Bonchev–Trinajstić information content (AvgIpc) is 2.91. The number of carbonyl (C=O) groups is 2. The zero-order chi connectivity index (χ0) is 14.9. The molecule has 20 heavy (non-hydrogen) atoms. The van der Waals surface area contributed by atoms with Crippen molar-refractivity contribution in [3.05, 3.63) is 23.8 Å². The molecule has 2 rings (SSSR count). The van der Waals surface area contributed by atoms with Crippen LogP contribution in [0, 0.1) is 0 Å². The number of hydrogen-bond donors (Lipinski definition) is 1. The summed E-state index contributed by atoms with van der Waals surface area (Å²) in [5, 5.41) is 0. The minimum atomic E-state index is -0.632. The van der Waals surface area contributed by atoms with E-state index in [9.17, 15) is 9.59 Å². The van der Waals surface area contributed by atoms with Crippen molar-refractivity contribution in [2.75, 3.05) is 13.8 Å². The van der Waals surface area contributed by atoms with E-state index in [-0.39, 0.29) is 18.5 Å². The van der Waals surface area contributed by atoms with Crippen LogP contribution in [0.25, 0.3) is 0 Å². The van der Waals surface area contributed by atoms with E-state index < -0.39 is 12.1 Å². The van der Waals surface area contributed by atoms with Crippen molar-refractivity contribution in [1.29, 1.82) is 0 Å². The van der Waals surface area contributed by atoms with Crippen molar-refractivity contribution in [3.63, 3.8) is 0 Å². The molecule has 1 unspecified atom stereocenters. The van der Waals surface area contributed by atoms with Gasteiger partial charge in [-0.3, -0.25) is 9.59 Å². The Labute approximate surface area is 117 Å². The van der Waals surface area contributed by atoms with Gasteiger partial charge in [0.05, 0.1) is 12.1 Å². The standard InChI is InChI=1S/C14H18N2O4/c1-8(15)14(18)16(3)9(2)13(17)10-4-5-11-12(6-10)20-7-19-11/h4-6,8-9H,7,15H2,1-3H3/t8-,9?/m0/s1. The molecule has 1 aromatic rings. The maximum atomic E-state index is 12.4. The summed E-state index contributed by atoms with van der Waals surface area (Å²) < 4.78 is 10.4. The molecule has 0 fully saturated rings. The predicted molar refractivity (Wildman–Crippen MR) is 72.8 cm³/mol. The maximum Gasteiger partial charge on any atom is 0.239 e. The highest BCUT2D eigenvalue weighted by Gasteiger charge is 2.26. The number of amides is 1. The van der Waals surface area contributed by atoms with Crippen LogP contribution in [-0.2, 0) is 4.79 Å².